The molecular weight excluding hydrogens is 665 g/mol. The van der Waals surface area contributed by atoms with Crippen molar-refractivity contribution in [1.82, 2.24) is 0 Å². The Balaban J connectivity index is 1.32. The Bertz CT molecular complexity index is 1720. The average molecular weight is 705 g/mol. The smallest absolute Gasteiger partial charge is 0.240 e. The molecule has 0 bridgehead atoms. The van der Waals surface area contributed by atoms with Crippen molar-refractivity contribution < 1.29 is 36.0 Å². The molecule has 248 valence electrons. The van der Waals surface area contributed by atoms with Gasteiger partial charge >= 0.3 is 0 Å². The van der Waals surface area contributed by atoms with Crippen LogP contribution < -0.4 is 15.6 Å². The third-order valence-electron chi connectivity index (χ3n) is 11.7. The molecule has 4 fully saturated rings. The molecule has 4 aliphatic rings. The van der Waals surface area contributed by atoms with Crippen molar-refractivity contribution >= 4 is 72.2 Å². The monoisotopic (exact) mass is 703 g/mol. The van der Waals surface area contributed by atoms with Gasteiger partial charge in [-0.05, 0) is 66.8 Å². The summed E-state index contributed by atoms with van der Waals surface area (Å²) >= 11 is 12.3. The van der Waals surface area contributed by atoms with E-state index in [2.05, 4.69) is 12.2 Å². The number of primary sulfonamides is 2. The number of amides is 1. The number of hydrogen-bond donors (Lipinski definition) is 3. The molecule has 15 heteroatoms. The summed E-state index contributed by atoms with van der Waals surface area (Å²) < 4.78 is 48.4. The normalized spacial score (nSPS) is 34.1. The number of Topliss-reactive ketones (excluding diaryl/α,β-unsaturated/α-hetero) is 3. The number of sulfonamides is 2. The van der Waals surface area contributed by atoms with Gasteiger partial charge in [0, 0.05) is 43.4 Å². The fourth-order valence-electron chi connectivity index (χ4n) is 9.28. The molecule has 45 heavy (non-hydrogen) atoms. The molecule has 0 aromatic heterocycles. The highest BCUT2D eigenvalue weighted by molar-refractivity contribution is 7.90. The molecule has 5 N–H and O–H groups in total. The molecule has 1 aromatic carbocycles. The molecule has 0 spiro atoms. The van der Waals surface area contributed by atoms with Crippen LogP contribution >= 0.6 is 23.2 Å². The SMILES string of the molecule is C[C@H](CCC(=O)Nc1c(S(N)(=O)=O)cc(S(N)(=O)=O)c(Cl)c1Cl)[C@H]1CC[C@H]2[C@@H]3C(=O)C[C@@H]4CC(=O)CC[C@]4(C)[C@H]3CC(=O)[C@]12C. The van der Waals surface area contributed by atoms with Crippen LogP contribution in [0, 0.1) is 46.3 Å². The minimum absolute atomic E-state index is 0.00615. The number of nitrogens with two attached hydrogens (primary N) is 2. The lowest BCUT2D eigenvalue weighted by molar-refractivity contribution is -0.166. The minimum atomic E-state index is -4.56. The fraction of sp³-hybridized carbons (Fsp3) is 0.667. The Morgan fingerprint density at radius 1 is 0.978 bits per heavy atom. The third kappa shape index (κ3) is 5.79. The quantitative estimate of drug-likeness (QED) is 0.374. The van der Waals surface area contributed by atoms with Gasteiger partial charge in [-0.25, -0.2) is 27.1 Å². The van der Waals surface area contributed by atoms with Gasteiger partial charge < -0.3 is 5.32 Å². The molecule has 5 rings (SSSR count). The van der Waals surface area contributed by atoms with Crippen molar-refractivity contribution in [3.8, 4) is 0 Å². The van der Waals surface area contributed by atoms with Gasteiger partial charge in [-0.3, -0.25) is 19.2 Å². The summed E-state index contributed by atoms with van der Waals surface area (Å²) in [6.45, 7) is 6.11. The van der Waals surface area contributed by atoms with Crippen LogP contribution in [0.25, 0.3) is 0 Å². The van der Waals surface area contributed by atoms with E-state index in [1.807, 2.05) is 13.8 Å². The average Bonchev–Trinajstić information content (AvgIpc) is 3.28. The van der Waals surface area contributed by atoms with Crippen LogP contribution in [-0.2, 0) is 39.2 Å². The fourth-order valence-corrected chi connectivity index (χ4v) is 11.5. The van der Waals surface area contributed by atoms with Crippen molar-refractivity contribution in [3.05, 3.63) is 16.1 Å². The molecular formula is C30H39Cl2N3O8S2. The molecule has 11 nitrogen and oxygen atoms in total. The van der Waals surface area contributed by atoms with Crippen LogP contribution in [0.5, 0.6) is 0 Å². The second-order valence-corrected chi connectivity index (χ2v) is 17.8. The highest BCUT2D eigenvalue weighted by Crippen LogP contribution is 2.66. The van der Waals surface area contributed by atoms with Crippen LogP contribution in [-0.4, -0.2) is 40.1 Å². The van der Waals surface area contributed by atoms with Crippen LogP contribution in [0.15, 0.2) is 15.9 Å². The number of ketones is 3. The molecule has 4 aliphatic carbocycles. The van der Waals surface area contributed by atoms with Crippen molar-refractivity contribution in [2.24, 2.45) is 56.6 Å². The van der Waals surface area contributed by atoms with Crippen LogP contribution in [0.4, 0.5) is 5.69 Å². The first-order valence-electron chi connectivity index (χ1n) is 15.2. The van der Waals surface area contributed by atoms with Gasteiger partial charge in [0.05, 0.1) is 15.7 Å². The Labute approximate surface area is 273 Å². The Morgan fingerprint density at radius 3 is 2.24 bits per heavy atom. The highest BCUT2D eigenvalue weighted by Gasteiger charge is 2.66. The Morgan fingerprint density at radius 2 is 1.62 bits per heavy atom. The van der Waals surface area contributed by atoms with Crippen LogP contribution in [0.3, 0.4) is 0 Å². The standard InChI is InChI=1S/C30H39Cl2N3O8S2/c1-14(4-7-24(39)35-28-22(45(34,42)43)13-21(44(33,40)41)26(31)27(28)32)17-5-6-18-25-19(12-23(38)30(17,18)3)29(2)9-8-16(36)10-15(29)11-20(25)37/h13-15,17-19,25H,4-12H2,1-3H3,(H,35,39)(H2,33,40,41)(H2,34,42,43)/t14-,15+,17-,18+,19+,25+,29+,30-/m1/s1. The van der Waals surface area contributed by atoms with Gasteiger partial charge in [0.2, 0.25) is 26.0 Å². The first kappa shape index (κ1) is 34.4. The molecule has 8 atom stereocenters. The maximum atomic E-state index is 14.0. The summed E-state index contributed by atoms with van der Waals surface area (Å²) in [6, 6.07) is 0.652. The summed E-state index contributed by atoms with van der Waals surface area (Å²) in [5.74, 6) is -0.645. The van der Waals surface area contributed by atoms with Gasteiger partial charge in [-0.15, -0.1) is 0 Å². The largest absolute Gasteiger partial charge is 0.324 e. The maximum absolute atomic E-state index is 14.0. The van der Waals surface area contributed by atoms with E-state index in [0.29, 0.717) is 44.6 Å². The van der Waals surface area contributed by atoms with Gasteiger partial charge in [0.15, 0.2) is 0 Å². The Kier molecular flexibility index (Phi) is 8.92. The molecule has 0 aliphatic heterocycles. The first-order valence-corrected chi connectivity index (χ1v) is 19.0. The molecule has 0 saturated heterocycles. The van der Waals surface area contributed by atoms with E-state index in [-0.39, 0.29) is 64.7 Å². The number of hydrogen-bond acceptors (Lipinski definition) is 8. The minimum Gasteiger partial charge on any atom is -0.324 e. The van der Waals surface area contributed by atoms with Gasteiger partial charge in [0.1, 0.15) is 27.1 Å². The second-order valence-electron chi connectivity index (χ2n) is 14.0. The topological polar surface area (TPSA) is 201 Å². The Hall–Kier alpha value is -1.90. The summed E-state index contributed by atoms with van der Waals surface area (Å²) in [7, 11) is -9.03. The predicted octanol–water partition coefficient (Wildman–Crippen LogP) is 4.23. The number of benzene rings is 1. The molecule has 4 saturated carbocycles. The van der Waals surface area contributed by atoms with Crippen LogP contribution in [0.2, 0.25) is 10.0 Å². The van der Waals surface area contributed by atoms with E-state index in [9.17, 15) is 36.0 Å². The molecule has 0 unspecified atom stereocenters. The number of rotatable bonds is 7. The number of anilines is 1. The zero-order valence-corrected chi connectivity index (χ0v) is 28.5. The zero-order chi connectivity index (χ0) is 33.4. The number of carbonyl (C=O) groups is 4. The van der Waals surface area contributed by atoms with Crippen molar-refractivity contribution in [2.75, 3.05) is 5.32 Å². The summed E-state index contributed by atoms with van der Waals surface area (Å²) in [5, 5.41) is 11.7. The van der Waals surface area contributed by atoms with Gasteiger partial charge in [-0.2, -0.15) is 0 Å². The van der Waals surface area contributed by atoms with E-state index >= 15 is 0 Å². The van der Waals surface area contributed by atoms with Crippen molar-refractivity contribution in [3.63, 3.8) is 0 Å². The molecule has 1 amide bonds. The summed E-state index contributed by atoms with van der Waals surface area (Å²) in [6.07, 6.45) is 4.07. The lowest BCUT2D eigenvalue weighted by Crippen LogP contribution is -2.60. The third-order valence-corrected chi connectivity index (χ3v) is 14.6. The maximum Gasteiger partial charge on any atom is 0.240 e. The number of carbonyl (C=O) groups excluding carboxylic acids is 4. The first-order chi connectivity index (χ1) is 20.7. The van der Waals surface area contributed by atoms with E-state index in [1.54, 1.807) is 0 Å². The van der Waals surface area contributed by atoms with E-state index in [1.165, 1.54) is 0 Å². The lowest BCUT2D eigenvalue weighted by Gasteiger charge is -2.58. The molecule has 0 radical (unpaired) electrons. The highest BCUT2D eigenvalue weighted by atomic mass is 35.5. The molecule has 1 aromatic rings. The van der Waals surface area contributed by atoms with E-state index in [4.69, 9.17) is 33.5 Å². The number of nitrogens with one attached hydrogen (secondary N) is 1. The van der Waals surface area contributed by atoms with Gasteiger partial charge in [0.25, 0.3) is 0 Å². The second kappa shape index (κ2) is 11.7. The van der Waals surface area contributed by atoms with Crippen LogP contribution in [0.1, 0.15) is 78.6 Å². The number of halogens is 2. The number of fused-ring (bicyclic) bond motifs is 5. The molecule has 0 heterocycles. The van der Waals surface area contributed by atoms with E-state index < -0.39 is 56.9 Å². The summed E-state index contributed by atoms with van der Waals surface area (Å²) in [4.78, 5) is 51.4. The van der Waals surface area contributed by atoms with Gasteiger partial charge in [-0.1, -0.05) is 44.0 Å². The van der Waals surface area contributed by atoms with Crippen molar-refractivity contribution in [2.45, 2.75) is 88.3 Å². The van der Waals surface area contributed by atoms with E-state index in [0.717, 1.165) is 12.8 Å². The lowest BCUT2D eigenvalue weighted by atomic mass is 9.44. The zero-order valence-electron chi connectivity index (χ0n) is 25.4. The van der Waals surface area contributed by atoms with Crippen molar-refractivity contribution in [1.29, 1.82) is 0 Å². The summed E-state index contributed by atoms with van der Waals surface area (Å²) in [5.41, 5.74) is -1.39. The predicted molar refractivity (Wildman–Crippen MR) is 167 cm³/mol.